The molecule has 0 spiro atoms. The highest BCUT2D eigenvalue weighted by Crippen LogP contribution is 2.38. The lowest BCUT2D eigenvalue weighted by Crippen LogP contribution is -2.26. The molecule has 0 fully saturated rings. The van der Waals surface area contributed by atoms with Crippen LogP contribution in [0.4, 0.5) is 0 Å². The number of carbonyl (C=O) groups is 3. The first-order chi connectivity index (χ1) is 6.45. The molecule has 0 aromatic carbocycles. The Morgan fingerprint density at radius 1 is 1.21 bits per heavy atom. The largest absolute Gasteiger partial charge is 0.298 e. The number of carbonyl (C=O) groups excluding carboxylic acids is 3. The van der Waals surface area contributed by atoms with Crippen molar-refractivity contribution in [1.29, 1.82) is 0 Å². The van der Waals surface area contributed by atoms with Crippen molar-refractivity contribution in [1.82, 2.24) is 0 Å². The molecule has 0 aliphatic heterocycles. The minimum atomic E-state index is -0.522. The van der Waals surface area contributed by atoms with Crippen molar-refractivity contribution in [2.45, 2.75) is 20.8 Å². The molecule has 0 aromatic heterocycles. The fraction of sp³-hybridized carbons (Fsp3) is 0.364. The molecule has 14 heavy (non-hydrogen) atoms. The third-order valence-electron chi connectivity index (χ3n) is 2.86. The van der Waals surface area contributed by atoms with Crippen LogP contribution in [-0.2, 0) is 14.4 Å². The molecule has 1 aliphatic rings. The number of ketones is 1. The van der Waals surface area contributed by atoms with Crippen LogP contribution in [0, 0.1) is 5.41 Å². The van der Waals surface area contributed by atoms with Crippen LogP contribution in [0.15, 0.2) is 22.8 Å². The van der Waals surface area contributed by atoms with Gasteiger partial charge >= 0.3 is 0 Å². The first kappa shape index (κ1) is 10.6. The minimum Gasteiger partial charge on any atom is -0.298 e. The Morgan fingerprint density at radius 3 is 2.21 bits per heavy atom. The second-order valence-electron chi connectivity index (χ2n) is 3.86. The Bertz CT molecular complexity index is 370. The van der Waals surface area contributed by atoms with Crippen molar-refractivity contribution >= 4 is 18.4 Å². The molecule has 0 atom stereocenters. The van der Waals surface area contributed by atoms with E-state index in [4.69, 9.17) is 0 Å². The second kappa shape index (κ2) is 3.33. The summed E-state index contributed by atoms with van der Waals surface area (Å²) in [6.07, 6.45) is 2.46. The first-order valence-electron chi connectivity index (χ1n) is 4.33. The van der Waals surface area contributed by atoms with E-state index in [9.17, 15) is 14.4 Å². The lowest BCUT2D eigenvalue weighted by Gasteiger charge is -2.30. The third kappa shape index (κ3) is 1.35. The molecule has 0 radical (unpaired) electrons. The number of hydrogen-bond donors (Lipinski definition) is 0. The van der Waals surface area contributed by atoms with E-state index in [1.165, 1.54) is 6.08 Å². The van der Waals surface area contributed by atoms with Crippen LogP contribution in [0.3, 0.4) is 0 Å². The van der Waals surface area contributed by atoms with Gasteiger partial charge in [-0.25, -0.2) is 0 Å². The second-order valence-corrected chi connectivity index (χ2v) is 3.86. The molecule has 74 valence electrons. The van der Waals surface area contributed by atoms with Gasteiger partial charge in [0.1, 0.15) is 6.29 Å². The summed E-state index contributed by atoms with van der Waals surface area (Å²) in [4.78, 5) is 32.8. The maximum absolute atomic E-state index is 11.4. The molecular weight excluding hydrogens is 180 g/mol. The summed E-state index contributed by atoms with van der Waals surface area (Å²) in [6, 6.07) is 0. The van der Waals surface area contributed by atoms with Crippen molar-refractivity contribution in [3.63, 3.8) is 0 Å². The number of allylic oxidation sites excluding steroid dienone is 4. The zero-order valence-corrected chi connectivity index (χ0v) is 8.46. The van der Waals surface area contributed by atoms with Crippen molar-refractivity contribution < 1.29 is 14.4 Å². The molecule has 0 aromatic rings. The van der Waals surface area contributed by atoms with Gasteiger partial charge in [0, 0.05) is 11.0 Å². The van der Waals surface area contributed by atoms with E-state index in [1.807, 2.05) is 13.8 Å². The predicted molar refractivity (Wildman–Crippen MR) is 51.7 cm³/mol. The van der Waals surface area contributed by atoms with Crippen molar-refractivity contribution in [3.8, 4) is 0 Å². The number of aldehydes is 2. The van der Waals surface area contributed by atoms with Gasteiger partial charge in [0.25, 0.3) is 0 Å². The summed E-state index contributed by atoms with van der Waals surface area (Å²) in [5.41, 5.74) is 0.722. The van der Waals surface area contributed by atoms with Gasteiger partial charge in [-0.1, -0.05) is 13.8 Å². The predicted octanol–water partition coefficient (Wildman–Crippen LogP) is 1.24. The smallest absolute Gasteiger partial charge is 0.189 e. The fourth-order valence-corrected chi connectivity index (χ4v) is 1.47. The van der Waals surface area contributed by atoms with E-state index in [1.54, 1.807) is 6.92 Å². The molecular formula is C11H12O3. The van der Waals surface area contributed by atoms with Crippen LogP contribution in [-0.4, -0.2) is 18.4 Å². The average molecular weight is 192 g/mol. The van der Waals surface area contributed by atoms with Gasteiger partial charge in [0.05, 0.1) is 5.57 Å². The molecule has 3 heteroatoms. The topological polar surface area (TPSA) is 51.2 Å². The van der Waals surface area contributed by atoms with E-state index in [2.05, 4.69) is 0 Å². The molecule has 0 N–H and O–H groups in total. The maximum atomic E-state index is 11.4. The minimum absolute atomic E-state index is 0.167. The molecule has 0 amide bonds. The summed E-state index contributed by atoms with van der Waals surface area (Å²) in [7, 11) is 0. The standard InChI is InChI=1S/C11H12O3/c1-7-9(6-13)10(14)4-8(5-12)11(7,2)3/h4-6H,1-3H3. The van der Waals surface area contributed by atoms with Crippen LogP contribution in [0.1, 0.15) is 20.8 Å². The molecule has 0 heterocycles. The molecule has 0 saturated heterocycles. The molecule has 0 unspecified atom stereocenters. The zero-order chi connectivity index (χ0) is 10.9. The van der Waals surface area contributed by atoms with Gasteiger partial charge < -0.3 is 0 Å². The van der Waals surface area contributed by atoms with E-state index in [0.717, 1.165) is 0 Å². The van der Waals surface area contributed by atoms with E-state index in [-0.39, 0.29) is 11.4 Å². The highest BCUT2D eigenvalue weighted by Gasteiger charge is 2.33. The third-order valence-corrected chi connectivity index (χ3v) is 2.86. The van der Waals surface area contributed by atoms with Gasteiger partial charge in [0.2, 0.25) is 0 Å². The van der Waals surface area contributed by atoms with E-state index >= 15 is 0 Å². The van der Waals surface area contributed by atoms with E-state index in [0.29, 0.717) is 23.7 Å². The Morgan fingerprint density at radius 2 is 1.79 bits per heavy atom. The van der Waals surface area contributed by atoms with Gasteiger partial charge in [-0.05, 0) is 18.6 Å². The Labute approximate surface area is 82.5 Å². The number of hydrogen-bond acceptors (Lipinski definition) is 3. The normalized spacial score (nSPS) is 20.5. The van der Waals surface area contributed by atoms with Crippen molar-refractivity contribution in [2.24, 2.45) is 5.41 Å². The molecule has 3 nitrogen and oxygen atoms in total. The SMILES string of the molecule is CC1=C(C=O)C(=O)C=C(C=O)C1(C)C. The van der Waals surface area contributed by atoms with Gasteiger partial charge in [-0.2, -0.15) is 0 Å². The fourth-order valence-electron chi connectivity index (χ4n) is 1.47. The maximum Gasteiger partial charge on any atom is 0.189 e. The van der Waals surface area contributed by atoms with Crippen LogP contribution < -0.4 is 0 Å². The van der Waals surface area contributed by atoms with Gasteiger partial charge in [-0.3, -0.25) is 14.4 Å². The molecule has 1 rings (SSSR count). The Kier molecular flexibility index (Phi) is 2.51. The Hall–Kier alpha value is -1.51. The summed E-state index contributed by atoms with van der Waals surface area (Å²) in [6.45, 7) is 5.34. The first-order valence-corrected chi connectivity index (χ1v) is 4.33. The van der Waals surface area contributed by atoms with Crippen LogP contribution in [0.5, 0.6) is 0 Å². The van der Waals surface area contributed by atoms with Crippen molar-refractivity contribution in [3.05, 3.63) is 22.8 Å². The van der Waals surface area contributed by atoms with Crippen LogP contribution in [0.2, 0.25) is 0 Å². The highest BCUT2D eigenvalue weighted by atomic mass is 16.1. The van der Waals surface area contributed by atoms with Gasteiger partial charge in [0.15, 0.2) is 12.1 Å². The summed E-state index contributed by atoms with van der Waals surface area (Å²) in [5.74, 6) is -0.376. The average Bonchev–Trinajstić information content (AvgIpc) is 2.13. The molecule has 0 saturated carbocycles. The monoisotopic (exact) mass is 192 g/mol. The van der Waals surface area contributed by atoms with Crippen LogP contribution in [0.25, 0.3) is 0 Å². The number of rotatable bonds is 2. The summed E-state index contributed by atoms with van der Waals surface area (Å²) in [5, 5.41) is 0. The highest BCUT2D eigenvalue weighted by molar-refractivity contribution is 6.20. The quantitative estimate of drug-likeness (QED) is 0.488. The zero-order valence-electron chi connectivity index (χ0n) is 8.46. The van der Waals surface area contributed by atoms with Gasteiger partial charge in [-0.15, -0.1) is 0 Å². The summed E-state index contributed by atoms with van der Waals surface area (Å²) >= 11 is 0. The lowest BCUT2D eigenvalue weighted by molar-refractivity contribution is -0.115. The Balaban J connectivity index is 3.37. The van der Waals surface area contributed by atoms with E-state index < -0.39 is 5.41 Å². The lowest BCUT2D eigenvalue weighted by atomic mass is 9.72. The van der Waals surface area contributed by atoms with Crippen LogP contribution >= 0.6 is 0 Å². The molecule has 0 bridgehead atoms. The molecule has 1 aliphatic carbocycles. The summed E-state index contributed by atoms with van der Waals surface area (Å²) < 4.78 is 0. The van der Waals surface area contributed by atoms with Crippen molar-refractivity contribution in [2.75, 3.05) is 0 Å².